The first kappa shape index (κ1) is 25.5. The van der Waals surface area contributed by atoms with Crippen molar-refractivity contribution in [3.05, 3.63) is 98.3 Å². The van der Waals surface area contributed by atoms with Crippen LogP contribution in [0.25, 0.3) is 22.1 Å². The number of hydrogen-bond donors (Lipinski definition) is 1. The summed E-state index contributed by atoms with van der Waals surface area (Å²) in [6.07, 6.45) is -4.90. The average molecular weight is 573 g/mol. The molecule has 1 N–H and O–H groups in total. The number of benzene rings is 3. The summed E-state index contributed by atoms with van der Waals surface area (Å²) < 4.78 is 48.5. The van der Waals surface area contributed by atoms with Gasteiger partial charge in [0.1, 0.15) is 11.3 Å². The highest BCUT2D eigenvalue weighted by Gasteiger charge is 2.40. The molecule has 0 bridgehead atoms. The molecule has 2 heterocycles. The first-order chi connectivity index (χ1) is 17.7. The lowest BCUT2D eigenvalue weighted by molar-refractivity contribution is -0.152. The Hall–Kier alpha value is -3.14. The lowest BCUT2D eigenvalue weighted by Gasteiger charge is -2.34. The molecule has 0 aliphatic carbocycles. The van der Waals surface area contributed by atoms with E-state index in [9.17, 15) is 23.1 Å². The van der Waals surface area contributed by atoms with E-state index in [1.165, 1.54) is 29.8 Å². The number of phenols is 1. The highest BCUT2D eigenvalue weighted by molar-refractivity contribution is 9.10. The fraction of sp³-hybridized carbons (Fsp3) is 0.250. The van der Waals surface area contributed by atoms with E-state index in [2.05, 4.69) is 33.0 Å². The Bertz CT molecular complexity index is 1460. The second kappa shape index (κ2) is 10.3. The van der Waals surface area contributed by atoms with Gasteiger partial charge >= 0.3 is 6.18 Å². The Morgan fingerprint density at radius 3 is 2.11 bits per heavy atom. The normalized spacial score (nSPS) is 15.4. The molecule has 3 aromatic carbocycles. The van der Waals surface area contributed by atoms with E-state index in [-0.39, 0.29) is 34.4 Å². The maximum absolute atomic E-state index is 14.1. The summed E-state index contributed by atoms with van der Waals surface area (Å²) in [5.74, 6) is -1.57. The monoisotopic (exact) mass is 572 g/mol. The van der Waals surface area contributed by atoms with Crippen LogP contribution >= 0.6 is 15.9 Å². The van der Waals surface area contributed by atoms with Gasteiger partial charge in [-0.05, 0) is 35.4 Å². The molecule has 0 unspecified atom stereocenters. The first-order valence-corrected chi connectivity index (χ1v) is 12.6. The van der Waals surface area contributed by atoms with Crippen LogP contribution in [0.3, 0.4) is 0 Å². The zero-order valence-corrected chi connectivity index (χ0v) is 21.3. The maximum atomic E-state index is 14.1. The number of halogens is 4. The summed E-state index contributed by atoms with van der Waals surface area (Å²) in [5.41, 5.74) is -0.0617. The topological polar surface area (TPSA) is 56.9 Å². The van der Waals surface area contributed by atoms with Gasteiger partial charge in [-0.3, -0.25) is 14.6 Å². The molecule has 192 valence electrons. The van der Waals surface area contributed by atoms with E-state index in [4.69, 9.17) is 4.42 Å². The van der Waals surface area contributed by atoms with E-state index >= 15 is 0 Å². The summed E-state index contributed by atoms with van der Waals surface area (Å²) in [4.78, 5) is 17.7. The van der Waals surface area contributed by atoms with Crippen LogP contribution in [0.5, 0.6) is 5.75 Å². The molecular weight excluding hydrogens is 549 g/mol. The minimum Gasteiger partial charge on any atom is -0.507 e. The van der Waals surface area contributed by atoms with Gasteiger partial charge in [0.15, 0.2) is 0 Å². The minimum atomic E-state index is -4.90. The molecule has 1 saturated heterocycles. The molecule has 4 aromatic rings. The molecule has 1 aliphatic heterocycles. The smallest absolute Gasteiger partial charge is 0.450 e. The summed E-state index contributed by atoms with van der Waals surface area (Å²) in [6, 6.07) is 18.8. The Kier molecular flexibility index (Phi) is 7.11. The Morgan fingerprint density at radius 2 is 1.49 bits per heavy atom. The molecule has 0 spiro atoms. The van der Waals surface area contributed by atoms with Crippen molar-refractivity contribution >= 4 is 26.9 Å². The van der Waals surface area contributed by atoms with Gasteiger partial charge in [-0.1, -0.05) is 58.4 Å². The third-order valence-corrected chi connectivity index (χ3v) is 7.15. The maximum Gasteiger partial charge on any atom is 0.450 e. The van der Waals surface area contributed by atoms with Gasteiger partial charge in [0, 0.05) is 43.7 Å². The van der Waals surface area contributed by atoms with Crippen molar-refractivity contribution in [2.45, 2.75) is 19.3 Å². The highest BCUT2D eigenvalue weighted by atomic mass is 79.9. The van der Waals surface area contributed by atoms with Crippen molar-refractivity contribution in [1.29, 1.82) is 0 Å². The van der Waals surface area contributed by atoms with Crippen molar-refractivity contribution < 1.29 is 22.7 Å². The predicted octanol–water partition coefficient (Wildman–Crippen LogP) is 6.26. The van der Waals surface area contributed by atoms with E-state index in [0.29, 0.717) is 17.6 Å². The van der Waals surface area contributed by atoms with Gasteiger partial charge in [-0.25, -0.2) is 0 Å². The minimum absolute atomic E-state index is 0.00133. The molecule has 9 heteroatoms. The average Bonchev–Trinajstić information content (AvgIpc) is 2.87. The molecule has 37 heavy (non-hydrogen) atoms. The van der Waals surface area contributed by atoms with Crippen LogP contribution < -0.4 is 5.43 Å². The third-order valence-electron chi connectivity index (χ3n) is 6.62. The first-order valence-electron chi connectivity index (χ1n) is 11.8. The third kappa shape index (κ3) is 5.44. The number of rotatable bonds is 5. The predicted molar refractivity (Wildman–Crippen MR) is 139 cm³/mol. The van der Waals surface area contributed by atoms with Gasteiger partial charge in [-0.15, -0.1) is 0 Å². The van der Waals surface area contributed by atoms with Gasteiger partial charge in [-0.2, -0.15) is 13.2 Å². The molecule has 5 nitrogen and oxygen atoms in total. The number of phenolic OH excluding ortho intramolecular Hbond substituents is 1. The van der Waals surface area contributed by atoms with Crippen molar-refractivity contribution in [3.8, 4) is 16.9 Å². The molecule has 5 rings (SSSR count). The van der Waals surface area contributed by atoms with Crippen LogP contribution in [-0.4, -0.2) is 41.1 Å². The van der Waals surface area contributed by atoms with Crippen molar-refractivity contribution in [2.75, 3.05) is 26.2 Å². The second-order valence-electron chi connectivity index (χ2n) is 9.12. The molecule has 0 amide bonds. The highest BCUT2D eigenvalue weighted by Crippen LogP contribution is 2.39. The van der Waals surface area contributed by atoms with Gasteiger partial charge in [0.05, 0.1) is 16.5 Å². The second-order valence-corrected chi connectivity index (χ2v) is 10.0. The van der Waals surface area contributed by atoms with Crippen LogP contribution in [0.4, 0.5) is 13.2 Å². The molecule has 0 atom stereocenters. The number of aromatic hydroxyl groups is 1. The summed E-state index contributed by atoms with van der Waals surface area (Å²) >= 11 is 3.26. The molecular formula is C28H24BrF3N2O3. The Labute approximate surface area is 219 Å². The van der Waals surface area contributed by atoms with Gasteiger partial charge in [0.25, 0.3) is 0 Å². The Morgan fingerprint density at radius 1 is 0.865 bits per heavy atom. The fourth-order valence-corrected chi connectivity index (χ4v) is 4.97. The molecule has 1 aromatic heterocycles. The van der Waals surface area contributed by atoms with Crippen LogP contribution in [0.1, 0.15) is 16.9 Å². The SMILES string of the molecule is O=c1c(-c2ccc(Br)cc2)c(C(F)(F)F)oc2c(CN3CCN(Cc4ccccc4)CC3)c(O)ccc12. The quantitative estimate of drug-likeness (QED) is 0.305. The molecule has 0 radical (unpaired) electrons. The lowest BCUT2D eigenvalue weighted by atomic mass is 10.00. The number of piperazine rings is 1. The van der Waals surface area contributed by atoms with Crippen LogP contribution in [-0.2, 0) is 19.3 Å². The van der Waals surface area contributed by atoms with E-state index in [1.807, 2.05) is 23.1 Å². The molecule has 0 saturated carbocycles. The number of hydrogen-bond acceptors (Lipinski definition) is 5. The molecule has 1 fully saturated rings. The lowest BCUT2D eigenvalue weighted by Crippen LogP contribution is -2.45. The van der Waals surface area contributed by atoms with Crippen LogP contribution in [0, 0.1) is 0 Å². The van der Waals surface area contributed by atoms with Crippen LogP contribution in [0.2, 0.25) is 0 Å². The van der Waals surface area contributed by atoms with E-state index in [0.717, 1.165) is 19.6 Å². The number of fused-ring (bicyclic) bond motifs is 1. The summed E-state index contributed by atoms with van der Waals surface area (Å²) in [7, 11) is 0. The number of alkyl halides is 3. The number of nitrogens with zero attached hydrogens (tertiary/aromatic N) is 2. The van der Waals surface area contributed by atoms with E-state index < -0.39 is 22.9 Å². The molecule has 1 aliphatic rings. The summed E-state index contributed by atoms with van der Waals surface area (Å²) in [6.45, 7) is 3.85. The standard InChI is InChI=1S/C28H24BrF3N2O3/c29-20-8-6-19(7-9-20)24-25(36)21-10-11-23(35)22(26(21)37-27(24)28(30,31)32)17-34-14-12-33(13-15-34)16-18-4-2-1-3-5-18/h1-11,35H,12-17H2. The van der Waals surface area contributed by atoms with Crippen molar-refractivity contribution in [2.24, 2.45) is 0 Å². The zero-order chi connectivity index (χ0) is 26.2. The van der Waals surface area contributed by atoms with Crippen molar-refractivity contribution in [1.82, 2.24) is 9.80 Å². The van der Waals surface area contributed by atoms with Crippen molar-refractivity contribution in [3.63, 3.8) is 0 Å². The zero-order valence-electron chi connectivity index (χ0n) is 19.8. The largest absolute Gasteiger partial charge is 0.507 e. The van der Waals surface area contributed by atoms with Gasteiger partial charge in [0.2, 0.25) is 11.2 Å². The summed E-state index contributed by atoms with van der Waals surface area (Å²) in [5, 5.41) is 10.6. The fourth-order valence-electron chi connectivity index (χ4n) is 4.71. The van der Waals surface area contributed by atoms with Crippen LogP contribution in [0.15, 0.2) is 80.4 Å². The Balaban J connectivity index is 1.47. The van der Waals surface area contributed by atoms with Gasteiger partial charge < -0.3 is 9.52 Å². The van der Waals surface area contributed by atoms with E-state index in [1.54, 1.807) is 12.1 Å².